The molecule has 0 fully saturated rings. The summed E-state index contributed by atoms with van der Waals surface area (Å²) in [6, 6.07) is 12.0. The number of hydrogen-bond acceptors (Lipinski definition) is 5. The van der Waals surface area contributed by atoms with Crippen LogP contribution in [-0.2, 0) is 19.9 Å². The molecule has 1 aliphatic carbocycles. The van der Waals surface area contributed by atoms with Crippen LogP contribution in [-0.4, -0.2) is 39.1 Å². The number of rotatable bonds is 4. The summed E-state index contributed by atoms with van der Waals surface area (Å²) in [5.74, 6) is 1.66. The van der Waals surface area contributed by atoms with Crippen LogP contribution < -0.4 is 14.8 Å². The molecule has 36 heavy (non-hydrogen) atoms. The minimum Gasteiger partial charge on any atom is -0.497 e. The lowest BCUT2D eigenvalue weighted by Gasteiger charge is -2.18. The normalized spacial score (nSPS) is 12.8. The van der Waals surface area contributed by atoms with Gasteiger partial charge in [0.15, 0.2) is 5.88 Å². The van der Waals surface area contributed by atoms with E-state index in [-0.39, 0.29) is 5.88 Å². The van der Waals surface area contributed by atoms with Crippen molar-refractivity contribution in [3.05, 3.63) is 60.0 Å². The second-order valence-electron chi connectivity index (χ2n) is 9.27. The van der Waals surface area contributed by atoms with Gasteiger partial charge in [-0.2, -0.15) is 5.10 Å². The highest BCUT2D eigenvalue weighted by molar-refractivity contribution is 6.26. The van der Waals surface area contributed by atoms with Crippen molar-refractivity contribution in [2.45, 2.75) is 12.8 Å². The summed E-state index contributed by atoms with van der Waals surface area (Å²) in [6.07, 6.45) is 5.68. The van der Waals surface area contributed by atoms with Gasteiger partial charge in [0.2, 0.25) is 0 Å². The maximum absolute atomic E-state index is 10.9. The van der Waals surface area contributed by atoms with Crippen molar-refractivity contribution in [1.29, 1.82) is 0 Å². The Morgan fingerprint density at radius 1 is 1.03 bits per heavy atom. The molecule has 1 aliphatic rings. The van der Waals surface area contributed by atoms with Crippen molar-refractivity contribution in [3.63, 3.8) is 0 Å². The quantitative estimate of drug-likeness (QED) is 0.257. The van der Waals surface area contributed by atoms with Gasteiger partial charge in [-0.25, -0.2) is 0 Å². The van der Waals surface area contributed by atoms with E-state index in [4.69, 9.17) is 9.47 Å². The van der Waals surface area contributed by atoms with Crippen molar-refractivity contribution in [3.8, 4) is 28.5 Å². The first-order valence-electron chi connectivity index (χ1n) is 11.9. The molecule has 4 N–H and O–H groups in total. The average molecular weight is 480 g/mol. The number of methoxy groups -OCH3 is 2. The minimum absolute atomic E-state index is 0.185. The molecule has 0 aliphatic heterocycles. The molecule has 0 spiro atoms. The summed E-state index contributed by atoms with van der Waals surface area (Å²) in [6.45, 7) is 0. The second kappa shape index (κ2) is 7.45. The summed E-state index contributed by atoms with van der Waals surface area (Å²) in [7, 11) is 5.25. The van der Waals surface area contributed by atoms with Gasteiger partial charge < -0.3 is 29.9 Å². The molecule has 180 valence electrons. The number of hydrogen-bond donors (Lipinski definition) is 4. The van der Waals surface area contributed by atoms with E-state index in [9.17, 15) is 5.11 Å². The van der Waals surface area contributed by atoms with Gasteiger partial charge in [0.1, 0.15) is 11.5 Å². The fraction of sp³-hybridized carbons (Fsp3) is 0.179. The second-order valence-corrected chi connectivity index (χ2v) is 9.27. The van der Waals surface area contributed by atoms with Crippen LogP contribution in [0.3, 0.4) is 0 Å². The predicted molar refractivity (Wildman–Crippen MR) is 142 cm³/mol. The van der Waals surface area contributed by atoms with Gasteiger partial charge in [-0.3, -0.25) is 4.68 Å². The molecule has 0 bridgehead atoms. The van der Waals surface area contributed by atoms with Gasteiger partial charge in [-0.1, -0.05) is 0 Å². The molecule has 0 radical (unpaired) electrons. The lowest BCUT2D eigenvalue weighted by atomic mass is 9.85. The van der Waals surface area contributed by atoms with Gasteiger partial charge in [0.05, 0.1) is 36.5 Å². The zero-order valence-corrected chi connectivity index (χ0v) is 20.2. The maximum atomic E-state index is 10.9. The van der Waals surface area contributed by atoms with Gasteiger partial charge in [0.25, 0.3) is 0 Å². The van der Waals surface area contributed by atoms with E-state index in [2.05, 4.69) is 38.7 Å². The standard InChI is InChI=1S/C28H25N5O3/c1-33-13-19-21(32-33)8-6-16-24(19)26-18(12-29-28(26)34)25-17-10-14(4-7-20(17)31-27(16)25)30-22-11-15(35-2)5-9-23(22)36-3/h4-5,7,9-13,29-31,34H,6,8H2,1-3H3. The monoisotopic (exact) mass is 479 g/mol. The van der Waals surface area contributed by atoms with Crippen LogP contribution >= 0.6 is 0 Å². The molecule has 0 atom stereocenters. The van der Waals surface area contributed by atoms with Crippen LogP contribution in [0, 0.1) is 0 Å². The average Bonchev–Trinajstić information content (AvgIpc) is 3.57. The van der Waals surface area contributed by atoms with E-state index < -0.39 is 0 Å². The third kappa shape index (κ3) is 2.84. The van der Waals surface area contributed by atoms with Gasteiger partial charge in [-0.05, 0) is 48.7 Å². The van der Waals surface area contributed by atoms with Crippen LogP contribution in [0.5, 0.6) is 17.4 Å². The molecular formula is C28H25N5O3. The first-order chi connectivity index (χ1) is 17.6. The topological polar surface area (TPSA) is 100 Å². The first-order valence-corrected chi connectivity index (χ1v) is 11.9. The molecule has 0 saturated heterocycles. The Bertz CT molecular complexity index is 1820. The molecule has 7 rings (SSSR count). The number of aromatic amines is 2. The number of nitrogens with zero attached hydrogens (tertiary/aromatic N) is 2. The van der Waals surface area contributed by atoms with Gasteiger partial charge in [-0.15, -0.1) is 0 Å². The highest BCUT2D eigenvalue weighted by Gasteiger charge is 2.28. The third-order valence-electron chi connectivity index (χ3n) is 7.25. The molecule has 8 nitrogen and oxygen atoms in total. The van der Waals surface area contributed by atoms with E-state index in [0.29, 0.717) is 0 Å². The smallest absolute Gasteiger partial charge is 0.197 e. The Balaban J connectivity index is 1.47. The minimum atomic E-state index is 0.185. The van der Waals surface area contributed by atoms with E-state index in [1.807, 2.05) is 42.2 Å². The molecule has 3 aromatic carbocycles. The summed E-state index contributed by atoms with van der Waals surface area (Å²) in [5.41, 5.74) is 8.34. The SMILES string of the molecule is COc1ccc(OC)c(Nc2ccc3[nH]c4c5c(c6c(O)[nH]cc6c4c3c2)-c2cn(C)nc2CC5)c1. The molecule has 0 unspecified atom stereocenters. The van der Waals surface area contributed by atoms with Crippen molar-refractivity contribution in [2.24, 2.45) is 7.05 Å². The van der Waals surface area contributed by atoms with E-state index in [0.717, 1.165) is 85.1 Å². The molecule has 0 saturated carbocycles. The Morgan fingerprint density at radius 3 is 2.75 bits per heavy atom. The number of anilines is 2. The number of aromatic nitrogens is 4. The maximum Gasteiger partial charge on any atom is 0.197 e. The van der Waals surface area contributed by atoms with Crippen molar-refractivity contribution < 1.29 is 14.6 Å². The summed E-state index contributed by atoms with van der Waals surface area (Å²) >= 11 is 0. The number of aryl methyl sites for hydroxylation is 3. The summed E-state index contributed by atoms with van der Waals surface area (Å²) < 4.78 is 12.8. The largest absolute Gasteiger partial charge is 0.497 e. The number of fused-ring (bicyclic) bond motifs is 10. The lowest BCUT2D eigenvalue weighted by Crippen LogP contribution is -2.04. The van der Waals surface area contributed by atoms with Crippen molar-refractivity contribution >= 4 is 44.0 Å². The Hall–Kier alpha value is -4.59. The van der Waals surface area contributed by atoms with Crippen LogP contribution in [0.25, 0.3) is 43.7 Å². The molecule has 8 heteroatoms. The molecular weight excluding hydrogens is 454 g/mol. The molecule has 3 aromatic heterocycles. The zero-order valence-electron chi connectivity index (χ0n) is 20.2. The van der Waals surface area contributed by atoms with Crippen molar-refractivity contribution in [2.75, 3.05) is 19.5 Å². The highest BCUT2D eigenvalue weighted by atomic mass is 16.5. The van der Waals surface area contributed by atoms with Crippen molar-refractivity contribution in [1.82, 2.24) is 19.7 Å². The van der Waals surface area contributed by atoms with E-state index in [1.165, 1.54) is 5.56 Å². The van der Waals surface area contributed by atoms with Crippen LogP contribution in [0.1, 0.15) is 11.3 Å². The fourth-order valence-electron chi connectivity index (χ4n) is 5.70. The predicted octanol–water partition coefficient (Wildman–Crippen LogP) is 5.77. The van der Waals surface area contributed by atoms with Crippen LogP contribution in [0.2, 0.25) is 0 Å². The highest BCUT2D eigenvalue weighted by Crippen LogP contribution is 2.48. The van der Waals surface area contributed by atoms with Crippen LogP contribution in [0.4, 0.5) is 11.4 Å². The van der Waals surface area contributed by atoms with Crippen LogP contribution in [0.15, 0.2) is 48.8 Å². The lowest BCUT2D eigenvalue weighted by molar-refractivity contribution is 0.405. The molecule has 6 aromatic rings. The number of ether oxygens (including phenoxy) is 2. The fourth-order valence-corrected chi connectivity index (χ4v) is 5.70. The van der Waals surface area contributed by atoms with Gasteiger partial charge in [0, 0.05) is 64.0 Å². The third-order valence-corrected chi connectivity index (χ3v) is 7.25. The van der Waals surface area contributed by atoms with E-state index >= 15 is 0 Å². The summed E-state index contributed by atoms with van der Waals surface area (Å²) in [4.78, 5) is 6.74. The summed E-state index contributed by atoms with van der Waals surface area (Å²) in [5, 5.41) is 23.1. The first kappa shape index (κ1) is 20.8. The Morgan fingerprint density at radius 2 is 1.92 bits per heavy atom. The number of H-pyrrole nitrogens is 2. The van der Waals surface area contributed by atoms with Gasteiger partial charge >= 0.3 is 0 Å². The Labute approximate surface area is 206 Å². The Kier molecular flexibility index (Phi) is 4.30. The number of nitrogens with one attached hydrogen (secondary N) is 3. The molecule has 3 heterocycles. The number of aromatic hydroxyl groups is 1. The zero-order chi connectivity index (χ0) is 24.6. The van der Waals surface area contributed by atoms with E-state index in [1.54, 1.807) is 14.2 Å². The number of benzene rings is 3. The molecule has 0 amide bonds.